The Kier molecular flexibility index (Phi) is 4.74. The topological polar surface area (TPSA) is 71.5 Å². The van der Waals surface area contributed by atoms with Gasteiger partial charge in [-0.15, -0.1) is 0 Å². The molecule has 1 atom stereocenters. The fourth-order valence-corrected chi connectivity index (χ4v) is 1.85. The molecule has 0 spiro atoms. The van der Waals surface area contributed by atoms with Crippen LogP contribution in [0.1, 0.15) is 43.0 Å². The summed E-state index contributed by atoms with van der Waals surface area (Å²) in [5.41, 5.74) is 0.536. The van der Waals surface area contributed by atoms with Crippen LogP contribution < -0.4 is 10.1 Å². The molecule has 2 rings (SSSR count). The molecule has 1 aliphatic rings. The first-order valence-electron chi connectivity index (χ1n) is 6.73. The number of hydrogen-bond acceptors (Lipinski definition) is 4. The number of carbonyl (C=O) groups is 1. The Morgan fingerprint density at radius 3 is 3.05 bits per heavy atom. The van der Waals surface area contributed by atoms with Crippen LogP contribution in [0.15, 0.2) is 18.3 Å². The van der Waals surface area contributed by atoms with Crippen LogP contribution in [-0.2, 0) is 0 Å². The van der Waals surface area contributed by atoms with Gasteiger partial charge in [0.1, 0.15) is 6.10 Å². The molecule has 0 aliphatic heterocycles. The number of aromatic nitrogens is 1. The van der Waals surface area contributed by atoms with Crippen LogP contribution in [0.4, 0.5) is 0 Å². The van der Waals surface area contributed by atoms with Crippen molar-refractivity contribution < 1.29 is 14.6 Å². The molecule has 104 valence electrons. The van der Waals surface area contributed by atoms with Crippen molar-refractivity contribution in [2.45, 2.75) is 44.8 Å². The predicted octanol–water partition coefficient (Wildman–Crippen LogP) is 1.51. The molecule has 1 aromatic rings. The molecule has 1 fully saturated rings. The Balaban J connectivity index is 1.94. The molecule has 1 aliphatic carbocycles. The minimum atomic E-state index is -0.165. The largest absolute Gasteiger partial charge is 0.474 e. The number of hydrogen-bond donors (Lipinski definition) is 2. The van der Waals surface area contributed by atoms with Gasteiger partial charge in [0.2, 0.25) is 5.88 Å². The van der Waals surface area contributed by atoms with Gasteiger partial charge in [0, 0.05) is 30.5 Å². The first-order chi connectivity index (χ1) is 9.19. The first-order valence-corrected chi connectivity index (χ1v) is 6.73. The molecule has 5 nitrogen and oxygen atoms in total. The number of amides is 1. The Morgan fingerprint density at radius 2 is 2.42 bits per heavy atom. The number of nitrogens with one attached hydrogen (secondary N) is 1. The van der Waals surface area contributed by atoms with Crippen LogP contribution in [0.3, 0.4) is 0 Å². The van der Waals surface area contributed by atoms with Crippen molar-refractivity contribution in [2.24, 2.45) is 0 Å². The zero-order valence-electron chi connectivity index (χ0n) is 11.1. The van der Waals surface area contributed by atoms with E-state index in [2.05, 4.69) is 10.3 Å². The van der Waals surface area contributed by atoms with Gasteiger partial charge in [0.25, 0.3) is 5.91 Å². The highest BCUT2D eigenvalue weighted by molar-refractivity contribution is 5.94. The third-order valence-corrected chi connectivity index (χ3v) is 3.28. The van der Waals surface area contributed by atoms with Crippen LogP contribution >= 0.6 is 0 Å². The van der Waals surface area contributed by atoms with E-state index in [4.69, 9.17) is 9.84 Å². The molecule has 1 unspecified atom stereocenters. The summed E-state index contributed by atoms with van der Waals surface area (Å²) < 4.78 is 5.66. The second kappa shape index (κ2) is 6.52. The average molecular weight is 264 g/mol. The van der Waals surface area contributed by atoms with Gasteiger partial charge >= 0.3 is 0 Å². The molecule has 1 heterocycles. The molecule has 1 amide bonds. The normalized spacial score (nSPS) is 16.5. The van der Waals surface area contributed by atoms with Crippen LogP contribution in [-0.4, -0.2) is 34.8 Å². The van der Waals surface area contributed by atoms with Crippen molar-refractivity contribution in [1.82, 2.24) is 10.3 Å². The number of carbonyl (C=O) groups excluding carboxylic acids is 1. The zero-order valence-corrected chi connectivity index (χ0v) is 11.1. The van der Waals surface area contributed by atoms with E-state index in [9.17, 15) is 4.79 Å². The lowest BCUT2D eigenvalue weighted by atomic mass is 9.96. The van der Waals surface area contributed by atoms with Crippen molar-refractivity contribution in [3.8, 4) is 5.88 Å². The predicted molar refractivity (Wildman–Crippen MR) is 71.1 cm³/mol. The third kappa shape index (κ3) is 3.92. The Labute approximate surface area is 113 Å². The van der Waals surface area contributed by atoms with Gasteiger partial charge in [0.15, 0.2) is 0 Å². The summed E-state index contributed by atoms with van der Waals surface area (Å²) >= 11 is 0. The lowest BCUT2D eigenvalue weighted by Crippen LogP contribution is -2.33. The van der Waals surface area contributed by atoms with E-state index in [0.29, 0.717) is 17.9 Å². The fraction of sp³-hybridized carbons (Fsp3) is 0.571. The van der Waals surface area contributed by atoms with Gasteiger partial charge in [-0.25, -0.2) is 4.98 Å². The van der Waals surface area contributed by atoms with Crippen LogP contribution in [0.25, 0.3) is 0 Å². The van der Waals surface area contributed by atoms with E-state index in [1.54, 1.807) is 18.3 Å². The summed E-state index contributed by atoms with van der Waals surface area (Å²) in [6.07, 6.45) is 5.70. The minimum absolute atomic E-state index is 0.0540. The molecule has 2 N–H and O–H groups in total. The summed E-state index contributed by atoms with van der Waals surface area (Å²) in [6.45, 7) is 1.93. The highest BCUT2D eigenvalue weighted by Crippen LogP contribution is 2.24. The van der Waals surface area contributed by atoms with E-state index >= 15 is 0 Å². The first kappa shape index (κ1) is 13.8. The number of rotatable bonds is 6. The van der Waals surface area contributed by atoms with E-state index in [1.165, 1.54) is 6.42 Å². The highest BCUT2D eigenvalue weighted by Gasteiger charge is 2.20. The minimum Gasteiger partial charge on any atom is -0.474 e. The molecular formula is C14H20N2O3. The van der Waals surface area contributed by atoms with E-state index in [0.717, 1.165) is 12.8 Å². The van der Waals surface area contributed by atoms with E-state index in [-0.39, 0.29) is 24.7 Å². The smallest absolute Gasteiger partial charge is 0.251 e. The molecule has 0 bridgehead atoms. The number of nitrogens with zero attached hydrogens (tertiary/aromatic N) is 1. The third-order valence-electron chi connectivity index (χ3n) is 3.28. The summed E-state index contributed by atoms with van der Waals surface area (Å²) in [4.78, 5) is 16.1. The lowest BCUT2D eigenvalue weighted by Gasteiger charge is -2.25. The zero-order chi connectivity index (χ0) is 13.7. The molecule has 0 saturated heterocycles. The Morgan fingerprint density at radius 1 is 1.63 bits per heavy atom. The van der Waals surface area contributed by atoms with Gasteiger partial charge in [-0.2, -0.15) is 0 Å². The summed E-state index contributed by atoms with van der Waals surface area (Å²) in [5.74, 6) is 0.342. The van der Waals surface area contributed by atoms with Gasteiger partial charge < -0.3 is 15.2 Å². The van der Waals surface area contributed by atoms with E-state index in [1.807, 2.05) is 6.92 Å². The average Bonchev–Trinajstić information content (AvgIpc) is 2.34. The molecule has 0 radical (unpaired) electrons. The van der Waals surface area contributed by atoms with Gasteiger partial charge in [0.05, 0.1) is 0 Å². The van der Waals surface area contributed by atoms with Crippen LogP contribution in [0.2, 0.25) is 0 Å². The molecule has 5 heteroatoms. The number of aliphatic hydroxyl groups excluding tert-OH is 1. The molecule has 19 heavy (non-hydrogen) atoms. The quantitative estimate of drug-likeness (QED) is 0.817. The van der Waals surface area contributed by atoms with Crippen molar-refractivity contribution in [1.29, 1.82) is 0 Å². The number of aliphatic hydroxyl groups is 1. The van der Waals surface area contributed by atoms with Crippen LogP contribution in [0.5, 0.6) is 5.88 Å². The highest BCUT2D eigenvalue weighted by atomic mass is 16.5. The maximum absolute atomic E-state index is 12.0. The number of pyridine rings is 1. The lowest BCUT2D eigenvalue weighted by molar-refractivity contribution is 0.0929. The van der Waals surface area contributed by atoms with Crippen LogP contribution in [0, 0.1) is 0 Å². The van der Waals surface area contributed by atoms with Gasteiger partial charge in [-0.1, -0.05) is 0 Å². The maximum Gasteiger partial charge on any atom is 0.251 e. The van der Waals surface area contributed by atoms with Crippen molar-refractivity contribution >= 4 is 5.91 Å². The molecule has 1 saturated carbocycles. The van der Waals surface area contributed by atoms with Gasteiger partial charge in [-0.05, 0) is 38.7 Å². The summed E-state index contributed by atoms with van der Waals surface area (Å²) in [6, 6.07) is 3.27. The summed E-state index contributed by atoms with van der Waals surface area (Å²) in [5, 5.41) is 11.6. The standard InChI is InChI=1S/C14H20N2O3/c1-10(6-8-17)16-14(18)11-5-7-15-13(9-11)19-12-3-2-4-12/h5,7,9-10,12,17H,2-4,6,8H2,1H3,(H,16,18). The summed E-state index contributed by atoms with van der Waals surface area (Å²) in [7, 11) is 0. The second-order valence-electron chi connectivity index (χ2n) is 4.94. The van der Waals surface area contributed by atoms with Crippen molar-refractivity contribution in [3.05, 3.63) is 23.9 Å². The molecular weight excluding hydrogens is 244 g/mol. The molecule has 0 aromatic carbocycles. The SMILES string of the molecule is CC(CCO)NC(=O)c1ccnc(OC2CCC2)c1. The van der Waals surface area contributed by atoms with E-state index < -0.39 is 0 Å². The maximum atomic E-state index is 12.0. The Bertz CT molecular complexity index is 432. The monoisotopic (exact) mass is 264 g/mol. The second-order valence-corrected chi connectivity index (χ2v) is 4.94. The molecule has 1 aromatic heterocycles. The van der Waals surface area contributed by atoms with Crippen molar-refractivity contribution in [2.75, 3.05) is 6.61 Å². The van der Waals surface area contributed by atoms with Crippen molar-refractivity contribution in [3.63, 3.8) is 0 Å². The van der Waals surface area contributed by atoms with Gasteiger partial charge in [-0.3, -0.25) is 4.79 Å². The number of ether oxygens (including phenoxy) is 1. The Hall–Kier alpha value is -1.62. The fourth-order valence-electron chi connectivity index (χ4n) is 1.85.